The van der Waals surface area contributed by atoms with E-state index in [9.17, 15) is 4.79 Å². The number of nitrogens with one attached hydrogen (secondary N) is 1. The second-order valence-electron chi connectivity index (χ2n) is 6.15. The second-order valence-corrected chi connectivity index (χ2v) is 7.00. The van der Waals surface area contributed by atoms with E-state index < -0.39 is 0 Å². The van der Waals surface area contributed by atoms with Crippen molar-refractivity contribution in [1.29, 1.82) is 0 Å². The fourth-order valence-electron chi connectivity index (χ4n) is 3.29. The summed E-state index contributed by atoms with van der Waals surface area (Å²) >= 11 is 3.46. The molecular weight excluding hydrogens is 380 g/mol. The number of hydrogen-bond donors (Lipinski definition) is 1. The minimum atomic E-state index is 0. The Morgan fingerprint density at radius 3 is 2.87 bits per heavy atom. The highest BCUT2D eigenvalue weighted by molar-refractivity contribution is 9.10. The number of nitrogens with zero attached hydrogens (tertiary/aromatic N) is 1. The van der Waals surface area contributed by atoms with Crippen molar-refractivity contribution in [2.75, 3.05) is 19.7 Å². The predicted octanol–water partition coefficient (Wildman–Crippen LogP) is 3.38. The van der Waals surface area contributed by atoms with E-state index in [0.717, 1.165) is 36.2 Å². The Kier molecular flexibility index (Phi) is 7.18. The summed E-state index contributed by atoms with van der Waals surface area (Å²) in [6, 6.07) is 8.93. The Labute approximate surface area is 152 Å². The van der Waals surface area contributed by atoms with Gasteiger partial charge in [0.25, 0.3) is 0 Å². The first-order valence-corrected chi connectivity index (χ1v) is 8.93. The van der Waals surface area contributed by atoms with E-state index in [1.165, 1.54) is 12.8 Å². The van der Waals surface area contributed by atoms with Crippen molar-refractivity contribution < 1.29 is 9.53 Å². The molecule has 0 aliphatic carbocycles. The van der Waals surface area contributed by atoms with Crippen LogP contribution in [0.25, 0.3) is 0 Å². The van der Waals surface area contributed by atoms with Crippen molar-refractivity contribution in [2.45, 2.75) is 44.2 Å². The lowest BCUT2D eigenvalue weighted by Gasteiger charge is -2.24. The van der Waals surface area contributed by atoms with E-state index in [0.29, 0.717) is 25.1 Å². The molecule has 2 atom stereocenters. The monoisotopic (exact) mass is 402 g/mol. The number of carbonyl (C=O) groups excluding carboxylic acids is 1. The van der Waals surface area contributed by atoms with Gasteiger partial charge in [-0.1, -0.05) is 12.1 Å². The zero-order chi connectivity index (χ0) is 15.4. The summed E-state index contributed by atoms with van der Waals surface area (Å²) in [6.45, 7) is 2.35. The second kappa shape index (κ2) is 8.90. The van der Waals surface area contributed by atoms with Crippen LogP contribution < -0.4 is 10.1 Å². The number of ether oxygens (including phenoxy) is 1. The number of amides is 1. The molecule has 2 saturated heterocycles. The maximum absolute atomic E-state index is 12.3. The Hall–Kier alpha value is -0.780. The highest BCUT2D eigenvalue weighted by Gasteiger charge is 2.30. The van der Waals surface area contributed by atoms with Crippen LogP contribution >= 0.6 is 28.3 Å². The lowest BCUT2D eigenvalue weighted by molar-refractivity contribution is -0.131. The van der Waals surface area contributed by atoms with Gasteiger partial charge in [-0.15, -0.1) is 12.4 Å². The molecule has 1 amide bonds. The molecule has 2 fully saturated rings. The molecule has 6 heteroatoms. The van der Waals surface area contributed by atoms with Gasteiger partial charge in [0.15, 0.2) is 0 Å². The maximum Gasteiger partial charge on any atom is 0.222 e. The van der Waals surface area contributed by atoms with Gasteiger partial charge in [0.05, 0.1) is 11.1 Å². The quantitative estimate of drug-likeness (QED) is 0.766. The molecule has 2 aliphatic rings. The number of fused-ring (bicyclic) bond motifs is 2. The number of likely N-dealkylation sites (tertiary alicyclic amines) is 1. The molecule has 4 nitrogen and oxygen atoms in total. The van der Waals surface area contributed by atoms with Crippen LogP contribution in [0.4, 0.5) is 0 Å². The van der Waals surface area contributed by atoms with Crippen LogP contribution in [-0.2, 0) is 4.79 Å². The van der Waals surface area contributed by atoms with Crippen molar-refractivity contribution in [3.8, 4) is 5.75 Å². The van der Waals surface area contributed by atoms with Gasteiger partial charge in [0.1, 0.15) is 5.75 Å². The first-order valence-electron chi connectivity index (χ1n) is 8.13. The van der Waals surface area contributed by atoms with Gasteiger partial charge in [-0.05, 0) is 53.7 Å². The minimum absolute atomic E-state index is 0. The molecule has 3 rings (SSSR count). The Morgan fingerprint density at radius 1 is 1.26 bits per heavy atom. The first kappa shape index (κ1) is 18.6. The van der Waals surface area contributed by atoms with Gasteiger partial charge in [0.2, 0.25) is 5.91 Å². The van der Waals surface area contributed by atoms with Gasteiger partial charge in [-0.3, -0.25) is 4.79 Å². The topological polar surface area (TPSA) is 41.6 Å². The van der Waals surface area contributed by atoms with Gasteiger partial charge in [-0.2, -0.15) is 0 Å². The van der Waals surface area contributed by atoms with Crippen molar-refractivity contribution >= 4 is 34.2 Å². The SMILES string of the molecule is Cl.O=C(CCCOc1ccccc1Br)N1CCC2CCC(C1)N2. The molecular formula is C17H24BrClN2O2. The summed E-state index contributed by atoms with van der Waals surface area (Å²) in [4.78, 5) is 14.4. The molecule has 2 aliphatic heterocycles. The van der Waals surface area contributed by atoms with Gasteiger partial charge < -0.3 is 15.0 Å². The molecule has 1 N–H and O–H groups in total. The van der Waals surface area contributed by atoms with Crippen molar-refractivity contribution in [1.82, 2.24) is 10.2 Å². The van der Waals surface area contributed by atoms with Crippen LogP contribution in [0, 0.1) is 0 Å². The summed E-state index contributed by atoms with van der Waals surface area (Å²) in [5.41, 5.74) is 0. The molecule has 2 unspecified atom stereocenters. The Balaban J connectivity index is 0.00000192. The van der Waals surface area contributed by atoms with Crippen LogP contribution in [0.15, 0.2) is 28.7 Å². The number of rotatable bonds is 5. The third-order valence-corrected chi connectivity index (χ3v) is 5.16. The van der Waals surface area contributed by atoms with E-state index in [4.69, 9.17) is 4.74 Å². The van der Waals surface area contributed by atoms with Crippen molar-refractivity contribution in [3.05, 3.63) is 28.7 Å². The highest BCUT2D eigenvalue weighted by Crippen LogP contribution is 2.24. The van der Waals surface area contributed by atoms with Crippen LogP contribution in [-0.4, -0.2) is 42.6 Å². The lowest BCUT2D eigenvalue weighted by Crippen LogP contribution is -2.39. The summed E-state index contributed by atoms with van der Waals surface area (Å²) in [5.74, 6) is 1.11. The maximum atomic E-state index is 12.3. The summed E-state index contributed by atoms with van der Waals surface area (Å²) in [7, 11) is 0. The Bertz CT molecular complexity index is 529. The Morgan fingerprint density at radius 2 is 2.04 bits per heavy atom. The van der Waals surface area contributed by atoms with Crippen LogP contribution in [0.1, 0.15) is 32.1 Å². The lowest BCUT2D eigenvalue weighted by atomic mass is 10.1. The van der Waals surface area contributed by atoms with Crippen LogP contribution in [0.5, 0.6) is 5.75 Å². The molecule has 23 heavy (non-hydrogen) atoms. The molecule has 1 aromatic rings. The number of hydrogen-bond acceptors (Lipinski definition) is 3. The third kappa shape index (κ3) is 5.10. The van der Waals surface area contributed by atoms with Gasteiger partial charge >= 0.3 is 0 Å². The number of carbonyl (C=O) groups is 1. The van der Waals surface area contributed by atoms with Crippen molar-refractivity contribution in [2.24, 2.45) is 0 Å². The number of para-hydroxylation sites is 1. The number of benzene rings is 1. The van der Waals surface area contributed by atoms with E-state index in [1.54, 1.807) is 0 Å². The predicted molar refractivity (Wildman–Crippen MR) is 97.3 cm³/mol. The van der Waals surface area contributed by atoms with Crippen LogP contribution in [0.2, 0.25) is 0 Å². The normalized spacial score (nSPS) is 23.1. The van der Waals surface area contributed by atoms with E-state index >= 15 is 0 Å². The van der Waals surface area contributed by atoms with E-state index in [1.807, 2.05) is 29.2 Å². The minimum Gasteiger partial charge on any atom is -0.492 e. The van der Waals surface area contributed by atoms with Gasteiger partial charge in [0, 0.05) is 31.6 Å². The summed E-state index contributed by atoms with van der Waals surface area (Å²) in [5, 5.41) is 3.61. The summed E-state index contributed by atoms with van der Waals surface area (Å²) in [6.07, 6.45) is 4.90. The number of halogens is 2. The van der Waals surface area contributed by atoms with Crippen molar-refractivity contribution in [3.63, 3.8) is 0 Å². The molecule has 0 radical (unpaired) electrons. The third-order valence-electron chi connectivity index (χ3n) is 4.51. The van der Waals surface area contributed by atoms with Gasteiger partial charge in [-0.25, -0.2) is 0 Å². The average molecular weight is 404 g/mol. The fourth-order valence-corrected chi connectivity index (χ4v) is 3.69. The molecule has 2 bridgehead atoms. The fraction of sp³-hybridized carbons (Fsp3) is 0.588. The molecule has 0 saturated carbocycles. The first-order chi connectivity index (χ1) is 10.7. The molecule has 0 aromatic heterocycles. The standard InChI is InChI=1S/C17H23BrN2O2.ClH/c18-15-4-1-2-5-16(15)22-11-3-6-17(21)20-10-9-13-7-8-14(12-20)19-13;/h1-2,4-5,13-14,19H,3,6-12H2;1H. The summed E-state index contributed by atoms with van der Waals surface area (Å²) < 4.78 is 6.67. The zero-order valence-electron chi connectivity index (χ0n) is 13.2. The van der Waals surface area contributed by atoms with Crippen LogP contribution in [0.3, 0.4) is 0 Å². The smallest absolute Gasteiger partial charge is 0.222 e. The average Bonchev–Trinajstić information content (AvgIpc) is 2.84. The molecule has 0 spiro atoms. The largest absolute Gasteiger partial charge is 0.492 e. The molecule has 1 aromatic carbocycles. The molecule has 2 heterocycles. The van der Waals surface area contributed by atoms with E-state index in [-0.39, 0.29) is 18.3 Å². The highest BCUT2D eigenvalue weighted by atomic mass is 79.9. The molecule has 128 valence electrons. The van der Waals surface area contributed by atoms with E-state index in [2.05, 4.69) is 21.2 Å². The zero-order valence-corrected chi connectivity index (χ0v) is 15.6.